The minimum absolute atomic E-state index is 0.0321. The largest absolute Gasteiger partial charge is 0.393 e. The molecule has 3 nitrogen and oxygen atoms in total. The van der Waals surface area contributed by atoms with Gasteiger partial charge in [-0.2, -0.15) is 0 Å². The summed E-state index contributed by atoms with van der Waals surface area (Å²) in [6.07, 6.45) is 5.41. The highest BCUT2D eigenvalue weighted by Crippen LogP contribution is 2.67. The number of rotatable bonds is 1. The summed E-state index contributed by atoms with van der Waals surface area (Å²) in [7, 11) is 0. The van der Waals surface area contributed by atoms with Crippen LogP contribution in [0.25, 0.3) is 0 Å². The molecule has 4 aliphatic carbocycles. The van der Waals surface area contributed by atoms with Crippen LogP contribution in [0.5, 0.6) is 0 Å². The van der Waals surface area contributed by atoms with E-state index in [4.69, 9.17) is 9.47 Å². The van der Waals surface area contributed by atoms with Crippen molar-refractivity contribution < 1.29 is 23.4 Å². The molecule has 1 heterocycles. The monoisotopic (exact) mass is 368 g/mol. The predicted octanol–water partition coefficient (Wildman–Crippen LogP) is 4.30. The van der Waals surface area contributed by atoms with Gasteiger partial charge in [-0.15, -0.1) is 0 Å². The second-order valence-corrected chi connectivity index (χ2v) is 9.60. The molecule has 5 heteroatoms. The summed E-state index contributed by atoms with van der Waals surface area (Å²) in [6.45, 7) is 3.33. The van der Waals surface area contributed by atoms with Crippen LogP contribution in [0.1, 0.15) is 58.3 Å². The first-order valence-electron chi connectivity index (χ1n) is 10.3. The Morgan fingerprint density at radius 1 is 1.08 bits per heavy atom. The van der Waals surface area contributed by atoms with E-state index in [1.165, 1.54) is 0 Å². The van der Waals surface area contributed by atoms with Gasteiger partial charge in [0.1, 0.15) is 0 Å². The molecule has 0 aromatic carbocycles. The molecular weight excluding hydrogens is 338 g/mol. The first-order valence-corrected chi connectivity index (χ1v) is 10.3. The quantitative estimate of drug-likeness (QED) is 0.702. The first kappa shape index (κ1) is 17.6. The Bertz CT molecular complexity index is 614. The highest BCUT2D eigenvalue weighted by Gasteiger charge is 2.64. The van der Waals surface area contributed by atoms with Gasteiger partial charge in [-0.1, -0.05) is 18.6 Å². The van der Waals surface area contributed by atoms with Gasteiger partial charge in [-0.25, -0.2) is 8.78 Å². The number of ether oxygens (including phenoxy) is 2. The van der Waals surface area contributed by atoms with E-state index >= 15 is 0 Å². The summed E-state index contributed by atoms with van der Waals surface area (Å²) >= 11 is 0. The van der Waals surface area contributed by atoms with Crippen LogP contribution in [-0.4, -0.2) is 36.6 Å². The molecule has 0 radical (unpaired) electrons. The highest BCUT2D eigenvalue weighted by molar-refractivity contribution is 5.28. The van der Waals surface area contributed by atoms with Crippen molar-refractivity contribution in [3.8, 4) is 0 Å². The number of hydrogen-bond acceptors (Lipinski definition) is 3. The Labute approximate surface area is 154 Å². The Kier molecular flexibility index (Phi) is 3.88. The molecule has 6 atom stereocenters. The van der Waals surface area contributed by atoms with Gasteiger partial charge < -0.3 is 14.6 Å². The van der Waals surface area contributed by atoms with E-state index < -0.39 is 17.6 Å². The van der Waals surface area contributed by atoms with Crippen molar-refractivity contribution >= 4 is 0 Å². The molecule has 0 aromatic heterocycles. The van der Waals surface area contributed by atoms with Crippen LogP contribution in [0.15, 0.2) is 11.6 Å². The topological polar surface area (TPSA) is 38.7 Å². The lowest BCUT2D eigenvalue weighted by Crippen LogP contribution is -2.56. The number of halogens is 2. The van der Waals surface area contributed by atoms with Crippen LogP contribution in [0, 0.1) is 28.6 Å². The second kappa shape index (κ2) is 5.74. The molecule has 0 bridgehead atoms. The molecule has 0 amide bonds. The minimum Gasteiger partial charge on any atom is -0.393 e. The van der Waals surface area contributed by atoms with Crippen LogP contribution in [-0.2, 0) is 9.47 Å². The van der Waals surface area contributed by atoms with Crippen LogP contribution >= 0.6 is 0 Å². The average molecular weight is 368 g/mol. The van der Waals surface area contributed by atoms with E-state index in [9.17, 15) is 13.9 Å². The molecule has 1 saturated heterocycles. The fraction of sp³-hybridized carbons (Fsp3) is 0.905. The summed E-state index contributed by atoms with van der Waals surface area (Å²) < 4.78 is 41.0. The molecule has 26 heavy (non-hydrogen) atoms. The number of alkyl halides is 2. The van der Waals surface area contributed by atoms with Crippen LogP contribution < -0.4 is 0 Å². The Hall–Kier alpha value is -0.520. The minimum atomic E-state index is -2.34. The third-order valence-electron chi connectivity index (χ3n) is 8.87. The van der Waals surface area contributed by atoms with E-state index in [0.29, 0.717) is 38.4 Å². The molecule has 3 saturated carbocycles. The Balaban J connectivity index is 1.52. The van der Waals surface area contributed by atoms with Gasteiger partial charge in [-0.05, 0) is 61.7 Å². The van der Waals surface area contributed by atoms with Gasteiger partial charge in [0.05, 0.1) is 24.7 Å². The molecule has 1 spiro atoms. The van der Waals surface area contributed by atoms with Gasteiger partial charge in [0.25, 0.3) is 0 Å². The van der Waals surface area contributed by atoms with Crippen LogP contribution in [0.3, 0.4) is 0 Å². The first-order chi connectivity index (χ1) is 12.4. The van der Waals surface area contributed by atoms with E-state index in [1.807, 2.05) is 0 Å². The molecule has 0 aromatic rings. The maximum atomic E-state index is 14.6. The standard InChI is InChI=1S/C21H30F2O3/c1-19-7-6-16-14(15(19)4-5-17(19)24)3-2-13-12-20(25-10-11-26-20)8-9-21(13,16)18(22)23/h2,14-18,24H,3-12H2,1H3/t14-,15-,16-,17-,19-,21+/m0/s1. The Morgan fingerprint density at radius 2 is 1.85 bits per heavy atom. The molecule has 1 N–H and O–H groups in total. The van der Waals surface area contributed by atoms with Gasteiger partial charge in [0, 0.05) is 12.8 Å². The average Bonchev–Trinajstić information content (AvgIpc) is 3.19. The summed E-state index contributed by atoms with van der Waals surface area (Å²) in [4.78, 5) is 0. The lowest BCUT2D eigenvalue weighted by Gasteiger charge is -2.59. The zero-order valence-corrected chi connectivity index (χ0v) is 15.6. The Morgan fingerprint density at radius 3 is 2.58 bits per heavy atom. The third-order valence-corrected chi connectivity index (χ3v) is 8.87. The van der Waals surface area contributed by atoms with Gasteiger partial charge in [0.15, 0.2) is 5.79 Å². The maximum absolute atomic E-state index is 14.6. The zero-order chi connectivity index (χ0) is 18.2. The molecule has 1 aliphatic heterocycles. The van der Waals surface area contributed by atoms with Crippen molar-refractivity contribution in [2.75, 3.05) is 13.2 Å². The van der Waals surface area contributed by atoms with Crippen LogP contribution in [0.4, 0.5) is 8.78 Å². The van der Waals surface area contributed by atoms with Crippen LogP contribution in [0.2, 0.25) is 0 Å². The van der Waals surface area contributed by atoms with E-state index in [2.05, 4.69) is 13.0 Å². The smallest absolute Gasteiger partial charge is 0.248 e. The van der Waals surface area contributed by atoms with Gasteiger partial charge in [-0.3, -0.25) is 0 Å². The highest BCUT2D eigenvalue weighted by atomic mass is 19.3. The van der Waals surface area contributed by atoms with Crippen molar-refractivity contribution in [1.29, 1.82) is 0 Å². The molecule has 5 rings (SSSR count). The van der Waals surface area contributed by atoms with Crippen molar-refractivity contribution in [2.45, 2.75) is 76.6 Å². The molecular formula is C21H30F2O3. The van der Waals surface area contributed by atoms with E-state index in [-0.39, 0.29) is 23.4 Å². The fourth-order valence-electron chi connectivity index (χ4n) is 7.45. The number of aliphatic hydroxyl groups excluding tert-OH is 1. The lowest BCUT2D eigenvalue weighted by atomic mass is 9.47. The number of allylic oxidation sites excluding steroid dienone is 1. The lowest BCUT2D eigenvalue weighted by molar-refractivity contribution is -0.203. The van der Waals surface area contributed by atoms with E-state index in [0.717, 1.165) is 37.7 Å². The summed E-state index contributed by atoms with van der Waals surface area (Å²) in [5, 5.41) is 10.5. The van der Waals surface area contributed by atoms with Crippen molar-refractivity contribution in [2.24, 2.45) is 28.6 Å². The van der Waals surface area contributed by atoms with E-state index in [1.54, 1.807) is 0 Å². The normalized spacial score (nSPS) is 49.7. The van der Waals surface area contributed by atoms with Gasteiger partial charge in [0.2, 0.25) is 6.43 Å². The number of fused-ring (bicyclic) bond motifs is 5. The molecule has 5 aliphatic rings. The van der Waals surface area contributed by atoms with Crippen molar-refractivity contribution in [3.05, 3.63) is 11.6 Å². The predicted molar refractivity (Wildman–Crippen MR) is 92.7 cm³/mol. The summed E-state index contributed by atoms with van der Waals surface area (Å²) in [5.74, 6) is 0.0383. The third kappa shape index (κ3) is 2.14. The molecule has 146 valence electrons. The maximum Gasteiger partial charge on any atom is 0.248 e. The fourth-order valence-corrected chi connectivity index (χ4v) is 7.45. The van der Waals surface area contributed by atoms with Gasteiger partial charge >= 0.3 is 0 Å². The second-order valence-electron chi connectivity index (χ2n) is 9.60. The summed E-state index contributed by atoms with van der Waals surface area (Å²) in [6, 6.07) is 0. The van der Waals surface area contributed by atoms with Crippen molar-refractivity contribution in [3.63, 3.8) is 0 Å². The molecule has 0 unspecified atom stereocenters. The molecule has 4 fully saturated rings. The zero-order valence-electron chi connectivity index (χ0n) is 15.6. The number of aliphatic hydroxyl groups is 1. The summed E-state index contributed by atoms with van der Waals surface area (Å²) in [5.41, 5.74) is -0.189. The number of hydrogen-bond donors (Lipinski definition) is 1. The van der Waals surface area contributed by atoms with Crippen molar-refractivity contribution in [1.82, 2.24) is 0 Å². The SMILES string of the molecule is C[C@]12CC[C@H]3[C@@H](CC=C4CC5(CC[C@@]43C(F)F)OCCO5)[C@@H]1CC[C@@H]2O.